The van der Waals surface area contributed by atoms with Crippen molar-refractivity contribution in [2.24, 2.45) is 11.5 Å². The van der Waals surface area contributed by atoms with Crippen LogP contribution in [0, 0.1) is 0 Å². The van der Waals surface area contributed by atoms with Gasteiger partial charge in [-0.2, -0.15) is 0 Å². The minimum atomic E-state index is 0.0466. The first kappa shape index (κ1) is 9.22. The fourth-order valence-electron chi connectivity index (χ4n) is 1.16. The van der Waals surface area contributed by atoms with Gasteiger partial charge in [0.2, 0.25) is 0 Å². The molecule has 1 aromatic heterocycles. The number of nitrogens with two attached hydrogens (primary N) is 2. The van der Waals surface area contributed by atoms with Crippen LogP contribution in [0.25, 0.3) is 0 Å². The van der Waals surface area contributed by atoms with E-state index in [-0.39, 0.29) is 6.04 Å². The van der Waals surface area contributed by atoms with Gasteiger partial charge >= 0.3 is 0 Å². The van der Waals surface area contributed by atoms with Gasteiger partial charge < -0.3 is 16.0 Å². The second kappa shape index (κ2) is 4.23. The van der Waals surface area contributed by atoms with Crippen molar-refractivity contribution in [2.75, 3.05) is 6.54 Å². The summed E-state index contributed by atoms with van der Waals surface area (Å²) in [4.78, 5) is 4.04. The Morgan fingerprint density at radius 3 is 3.00 bits per heavy atom. The third-order valence-corrected chi connectivity index (χ3v) is 1.81. The minimum Gasteiger partial charge on any atom is -0.333 e. The number of hydrogen-bond donors (Lipinski definition) is 2. The summed E-state index contributed by atoms with van der Waals surface area (Å²) >= 11 is 0. The van der Waals surface area contributed by atoms with Crippen molar-refractivity contribution in [3.8, 4) is 0 Å². The van der Waals surface area contributed by atoms with Crippen molar-refractivity contribution < 1.29 is 0 Å². The molecule has 0 spiro atoms. The predicted molar refractivity (Wildman–Crippen MR) is 48.5 cm³/mol. The van der Waals surface area contributed by atoms with E-state index < -0.39 is 0 Å². The summed E-state index contributed by atoms with van der Waals surface area (Å²) in [7, 11) is 0. The largest absolute Gasteiger partial charge is 0.333 e. The monoisotopic (exact) mass is 168 g/mol. The Hall–Kier alpha value is -0.870. The number of hydrogen-bond acceptors (Lipinski definition) is 3. The lowest BCUT2D eigenvalue weighted by Crippen LogP contribution is -2.13. The maximum atomic E-state index is 5.74. The minimum absolute atomic E-state index is 0.0466. The highest BCUT2D eigenvalue weighted by Crippen LogP contribution is 2.08. The fourth-order valence-corrected chi connectivity index (χ4v) is 1.16. The predicted octanol–water partition coefficient (Wildman–Crippen LogP) is 0.252. The van der Waals surface area contributed by atoms with E-state index in [0.717, 1.165) is 18.7 Å². The molecule has 1 rings (SSSR count). The van der Waals surface area contributed by atoms with Crippen LogP contribution in [0.5, 0.6) is 0 Å². The molecule has 0 aromatic carbocycles. The number of nitrogens with zero attached hydrogens (tertiary/aromatic N) is 2. The average molecular weight is 168 g/mol. The Labute approximate surface area is 72.6 Å². The number of imidazole rings is 1. The number of aromatic nitrogens is 2. The van der Waals surface area contributed by atoms with Crippen LogP contribution in [0.3, 0.4) is 0 Å². The molecule has 0 radical (unpaired) electrons. The van der Waals surface area contributed by atoms with Crippen molar-refractivity contribution in [3.05, 3.63) is 18.2 Å². The first-order valence-electron chi connectivity index (χ1n) is 4.21. The Morgan fingerprint density at radius 1 is 1.67 bits per heavy atom. The smallest absolute Gasteiger partial charge is 0.0948 e. The van der Waals surface area contributed by atoms with Gasteiger partial charge in [-0.05, 0) is 19.9 Å². The fraction of sp³-hybridized carbons (Fsp3) is 0.625. The summed E-state index contributed by atoms with van der Waals surface area (Å²) in [6.45, 7) is 3.57. The SMILES string of the molecule is CC(N)c1cncn1CCCN. The van der Waals surface area contributed by atoms with E-state index >= 15 is 0 Å². The molecule has 12 heavy (non-hydrogen) atoms. The molecular formula is C8H16N4. The van der Waals surface area contributed by atoms with Crippen LogP contribution in [0.1, 0.15) is 25.1 Å². The van der Waals surface area contributed by atoms with E-state index in [2.05, 4.69) is 9.55 Å². The Bertz CT molecular complexity index is 229. The molecule has 0 fully saturated rings. The van der Waals surface area contributed by atoms with E-state index in [9.17, 15) is 0 Å². The number of rotatable bonds is 4. The maximum Gasteiger partial charge on any atom is 0.0948 e. The zero-order chi connectivity index (χ0) is 8.97. The maximum absolute atomic E-state index is 5.74. The summed E-state index contributed by atoms with van der Waals surface area (Å²) in [5, 5.41) is 0. The van der Waals surface area contributed by atoms with Gasteiger partial charge in [0, 0.05) is 18.8 Å². The Balaban J connectivity index is 2.64. The molecule has 4 heteroatoms. The zero-order valence-corrected chi connectivity index (χ0v) is 7.40. The van der Waals surface area contributed by atoms with Gasteiger partial charge in [0.25, 0.3) is 0 Å². The summed E-state index contributed by atoms with van der Waals surface area (Å²) in [6.07, 6.45) is 4.58. The molecule has 0 aliphatic rings. The topological polar surface area (TPSA) is 69.9 Å². The van der Waals surface area contributed by atoms with E-state index in [0.29, 0.717) is 6.54 Å². The van der Waals surface area contributed by atoms with Gasteiger partial charge in [-0.1, -0.05) is 0 Å². The molecule has 1 aromatic rings. The van der Waals surface area contributed by atoms with Gasteiger partial charge in [0.05, 0.1) is 12.0 Å². The summed E-state index contributed by atoms with van der Waals surface area (Å²) in [5.41, 5.74) is 12.2. The van der Waals surface area contributed by atoms with Crippen LogP contribution >= 0.6 is 0 Å². The first-order valence-corrected chi connectivity index (χ1v) is 4.21. The molecule has 0 bridgehead atoms. The second-order valence-electron chi connectivity index (χ2n) is 2.94. The van der Waals surface area contributed by atoms with Crippen LogP contribution < -0.4 is 11.5 Å². The van der Waals surface area contributed by atoms with Crippen molar-refractivity contribution in [1.29, 1.82) is 0 Å². The highest BCUT2D eigenvalue weighted by Gasteiger charge is 2.04. The highest BCUT2D eigenvalue weighted by atomic mass is 15.1. The van der Waals surface area contributed by atoms with Crippen molar-refractivity contribution in [2.45, 2.75) is 25.9 Å². The molecule has 0 amide bonds. The normalized spacial score (nSPS) is 13.2. The molecule has 0 aliphatic carbocycles. The zero-order valence-electron chi connectivity index (χ0n) is 7.40. The van der Waals surface area contributed by atoms with Gasteiger partial charge in [-0.3, -0.25) is 0 Å². The van der Waals surface area contributed by atoms with E-state index in [4.69, 9.17) is 11.5 Å². The lowest BCUT2D eigenvalue weighted by atomic mass is 10.2. The van der Waals surface area contributed by atoms with Crippen LogP contribution in [0.4, 0.5) is 0 Å². The number of aryl methyl sites for hydroxylation is 1. The molecule has 0 saturated carbocycles. The van der Waals surface area contributed by atoms with Gasteiger partial charge in [0.1, 0.15) is 0 Å². The van der Waals surface area contributed by atoms with Crippen LogP contribution in [0.15, 0.2) is 12.5 Å². The third kappa shape index (κ3) is 2.06. The Kier molecular flexibility index (Phi) is 3.25. The van der Waals surface area contributed by atoms with E-state index in [1.165, 1.54) is 0 Å². The van der Waals surface area contributed by atoms with Crippen LogP contribution in [0.2, 0.25) is 0 Å². The third-order valence-electron chi connectivity index (χ3n) is 1.81. The molecule has 68 valence electrons. The molecule has 1 unspecified atom stereocenters. The standard InChI is InChI=1S/C8H16N4/c1-7(10)8-5-11-6-12(8)4-2-3-9/h5-7H,2-4,9-10H2,1H3. The van der Waals surface area contributed by atoms with Gasteiger partial charge in [-0.25, -0.2) is 4.98 Å². The molecular weight excluding hydrogens is 152 g/mol. The quantitative estimate of drug-likeness (QED) is 0.677. The summed E-state index contributed by atoms with van der Waals surface area (Å²) in [6, 6.07) is 0.0466. The second-order valence-corrected chi connectivity index (χ2v) is 2.94. The Morgan fingerprint density at radius 2 is 2.42 bits per heavy atom. The average Bonchev–Trinajstić information content (AvgIpc) is 2.48. The lowest BCUT2D eigenvalue weighted by molar-refractivity contribution is 0.598. The molecule has 0 saturated heterocycles. The first-order chi connectivity index (χ1) is 5.75. The lowest BCUT2D eigenvalue weighted by Gasteiger charge is -2.09. The van der Waals surface area contributed by atoms with E-state index in [1.807, 2.05) is 6.92 Å². The van der Waals surface area contributed by atoms with Crippen molar-refractivity contribution in [1.82, 2.24) is 9.55 Å². The molecule has 4 nitrogen and oxygen atoms in total. The highest BCUT2D eigenvalue weighted by molar-refractivity contribution is 5.02. The van der Waals surface area contributed by atoms with E-state index in [1.54, 1.807) is 12.5 Å². The van der Waals surface area contributed by atoms with Gasteiger partial charge in [0.15, 0.2) is 0 Å². The van der Waals surface area contributed by atoms with Crippen LogP contribution in [-0.4, -0.2) is 16.1 Å². The van der Waals surface area contributed by atoms with Gasteiger partial charge in [-0.15, -0.1) is 0 Å². The molecule has 1 heterocycles. The molecule has 0 aliphatic heterocycles. The molecule has 4 N–H and O–H groups in total. The molecule has 1 atom stereocenters. The van der Waals surface area contributed by atoms with Crippen molar-refractivity contribution >= 4 is 0 Å². The van der Waals surface area contributed by atoms with Crippen LogP contribution in [-0.2, 0) is 6.54 Å². The van der Waals surface area contributed by atoms with Crippen molar-refractivity contribution in [3.63, 3.8) is 0 Å². The summed E-state index contributed by atoms with van der Waals surface area (Å²) in [5.74, 6) is 0. The summed E-state index contributed by atoms with van der Waals surface area (Å²) < 4.78 is 2.05.